The molecule has 2 aliphatic rings. The van der Waals surface area contributed by atoms with Gasteiger partial charge in [0.05, 0.1) is 20.3 Å². The molecular formula is C17H25ClN2O3. The third kappa shape index (κ3) is 3.97. The molecule has 1 saturated heterocycles. The van der Waals surface area contributed by atoms with Gasteiger partial charge in [0.1, 0.15) is 5.75 Å². The highest BCUT2D eigenvalue weighted by atomic mass is 35.5. The Balaban J connectivity index is 0.00000192. The molecule has 1 aromatic rings. The van der Waals surface area contributed by atoms with E-state index in [1.807, 2.05) is 18.2 Å². The number of morpholine rings is 1. The standard InChI is InChI=1S/C17H24N2O3.ClH/c1-17(13-5-3-4-6-14(13)21-2)10-15(17)19-16(20)9-12-11-22-8-7-18-12;/h3-6,12,15,18H,7-11H2,1-2H3,(H,19,20);1H. The molecule has 2 fully saturated rings. The van der Waals surface area contributed by atoms with Crippen LogP contribution in [0.1, 0.15) is 25.3 Å². The highest BCUT2D eigenvalue weighted by molar-refractivity contribution is 5.85. The number of methoxy groups -OCH3 is 1. The van der Waals surface area contributed by atoms with Gasteiger partial charge in [-0.2, -0.15) is 0 Å². The van der Waals surface area contributed by atoms with Crippen LogP contribution < -0.4 is 15.4 Å². The third-order valence-electron chi connectivity index (χ3n) is 4.72. The van der Waals surface area contributed by atoms with Gasteiger partial charge in [-0.05, 0) is 12.5 Å². The molecule has 23 heavy (non-hydrogen) atoms. The summed E-state index contributed by atoms with van der Waals surface area (Å²) >= 11 is 0. The molecule has 1 aromatic carbocycles. The fourth-order valence-electron chi connectivity index (χ4n) is 3.22. The highest BCUT2D eigenvalue weighted by Crippen LogP contribution is 2.50. The van der Waals surface area contributed by atoms with E-state index in [0.717, 1.165) is 25.3 Å². The third-order valence-corrected chi connectivity index (χ3v) is 4.72. The van der Waals surface area contributed by atoms with Gasteiger partial charge >= 0.3 is 0 Å². The molecule has 128 valence electrons. The first-order chi connectivity index (χ1) is 10.6. The number of carbonyl (C=O) groups excluding carboxylic acids is 1. The minimum atomic E-state index is -0.0290. The number of hydrogen-bond donors (Lipinski definition) is 2. The normalized spacial score (nSPS) is 29.3. The van der Waals surface area contributed by atoms with Gasteiger partial charge in [0.25, 0.3) is 0 Å². The molecule has 1 saturated carbocycles. The Morgan fingerprint density at radius 2 is 2.26 bits per heavy atom. The van der Waals surface area contributed by atoms with Crippen LogP contribution in [0.25, 0.3) is 0 Å². The van der Waals surface area contributed by atoms with Gasteiger partial charge in [0.2, 0.25) is 5.91 Å². The Morgan fingerprint density at radius 1 is 1.48 bits per heavy atom. The number of halogens is 1. The van der Waals surface area contributed by atoms with Gasteiger partial charge in [-0.1, -0.05) is 25.1 Å². The van der Waals surface area contributed by atoms with Crippen LogP contribution in [0.15, 0.2) is 24.3 Å². The summed E-state index contributed by atoms with van der Waals surface area (Å²) in [6.07, 6.45) is 1.42. The summed E-state index contributed by atoms with van der Waals surface area (Å²) in [7, 11) is 1.69. The van der Waals surface area contributed by atoms with Crippen molar-refractivity contribution < 1.29 is 14.3 Å². The monoisotopic (exact) mass is 340 g/mol. The van der Waals surface area contributed by atoms with Gasteiger partial charge in [-0.25, -0.2) is 0 Å². The number of nitrogens with one attached hydrogen (secondary N) is 2. The van der Waals surface area contributed by atoms with E-state index in [9.17, 15) is 4.79 Å². The van der Waals surface area contributed by atoms with Crippen molar-refractivity contribution in [3.05, 3.63) is 29.8 Å². The lowest BCUT2D eigenvalue weighted by Gasteiger charge is -2.23. The highest BCUT2D eigenvalue weighted by Gasteiger charge is 2.53. The average molecular weight is 341 g/mol. The summed E-state index contributed by atoms with van der Waals surface area (Å²) in [5.74, 6) is 0.982. The van der Waals surface area contributed by atoms with Gasteiger partial charge < -0.3 is 20.1 Å². The zero-order valence-electron chi connectivity index (χ0n) is 13.6. The molecule has 1 aliphatic heterocycles. The molecule has 0 radical (unpaired) electrons. The predicted molar refractivity (Wildman–Crippen MR) is 91.4 cm³/mol. The number of carbonyl (C=O) groups is 1. The van der Waals surface area contributed by atoms with E-state index in [4.69, 9.17) is 9.47 Å². The molecule has 2 N–H and O–H groups in total. The second-order valence-electron chi connectivity index (χ2n) is 6.37. The largest absolute Gasteiger partial charge is 0.496 e. The average Bonchev–Trinajstić information content (AvgIpc) is 3.19. The van der Waals surface area contributed by atoms with E-state index in [-0.39, 0.29) is 35.8 Å². The molecule has 3 atom stereocenters. The Morgan fingerprint density at radius 3 is 2.96 bits per heavy atom. The minimum absolute atomic E-state index is 0. The van der Waals surface area contributed by atoms with Gasteiger partial charge in [-0.3, -0.25) is 4.79 Å². The van der Waals surface area contributed by atoms with Crippen molar-refractivity contribution in [1.82, 2.24) is 10.6 Å². The quantitative estimate of drug-likeness (QED) is 0.855. The first kappa shape index (κ1) is 18.0. The Bertz CT molecular complexity index is 548. The summed E-state index contributed by atoms with van der Waals surface area (Å²) < 4.78 is 10.8. The van der Waals surface area contributed by atoms with Crippen molar-refractivity contribution in [2.45, 2.75) is 37.3 Å². The van der Waals surface area contributed by atoms with Crippen molar-refractivity contribution >= 4 is 18.3 Å². The molecule has 5 nitrogen and oxygen atoms in total. The summed E-state index contributed by atoms with van der Waals surface area (Å²) in [4.78, 5) is 12.2. The second-order valence-corrected chi connectivity index (χ2v) is 6.37. The molecule has 0 spiro atoms. The smallest absolute Gasteiger partial charge is 0.221 e. The first-order valence-electron chi connectivity index (χ1n) is 7.87. The van der Waals surface area contributed by atoms with Crippen LogP contribution in [0.4, 0.5) is 0 Å². The molecule has 0 bridgehead atoms. The van der Waals surface area contributed by atoms with Gasteiger partial charge in [-0.15, -0.1) is 12.4 Å². The molecule has 1 heterocycles. The number of ether oxygens (including phenoxy) is 2. The predicted octanol–water partition coefficient (Wildman–Crippen LogP) is 1.64. The minimum Gasteiger partial charge on any atom is -0.496 e. The Labute approximate surface area is 143 Å². The lowest BCUT2D eigenvalue weighted by Crippen LogP contribution is -2.45. The van der Waals surface area contributed by atoms with Crippen LogP contribution in [0.3, 0.4) is 0 Å². The van der Waals surface area contributed by atoms with E-state index in [0.29, 0.717) is 13.0 Å². The maximum atomic E-state index is 12.2. The molecular weight excluding hydrogens is 316 g/mol. The van der Waals surface area contributed by atoms with Crippen LogP contribution in [-0.4, -0.2) is 44.9 Å². The number of para-hydroxylation sites is 1. The molecule has 0 aromatic heterocycles. The van der Waals surface area contributed by atoms with Crippen molar-refractivity contribution in [1.29, 1.82) is 0 Å². The molecule has 1 aliphatic carbocycles. The SMILES string of the molecule is COc1ccccc1C1(C)CC1NC(=O)CC1COCCN1.Cl. The van der Waals surface area contributed by atoms with Gasteiger partial charge in [0, 0.05) is 36.0 Å². The number of hydrogen-bond acceptors (Lipinski definition) is 4. The van der Waals surface area contributed by atoms with Crippen LogP contribution in [0.2, 0.25) is 0 Å². The molecule has 1 amide bonds. The van der Waals surface area contributed by atoms with E-state index in [2.05, 4.69) is 23.6 Å². The Hall–Kier alpha value is -1.30. The summed E-state index contributed by atoms with van der Waals surface area (Å²) in [6, 6.07) is 8.36. The van der Waals surface area contributed by atoms with Crippen LogP contribution in [0.5, 0.6) is 5.75 Å². The Kier molecular flexibility index (Phi) is 5.89. The molecule has 3 rings (SSSR count). The van der Waals surface area contributed by atoms with Gasteiger partial charge in [0.15, 0.2) is 0 Å². The fourth-order valence-corrected chi connectivity index (χ4v) is 3.22. The molecule has 6 heteroatoms. The lowest BCUT2D eigenvalue weighted by molar-refractivity contribution is -0.122. The van der Waals surface area contributed by atoms with Crippen molar-refractivity contribution in [3.8, 4) is 5.75 Å². The zero-order valence-corrected chi connectivity index (χ0v) is 14.4. The van der Waals surface area contributed by atoms with E-state index in [1.54, 1.807) is 7.11 Å². The van der Waals surface area contributed by atoms with E-state index >= 15 is 0 Å². The zero-order chi connectivity index (χ0) is 15.6. The number of benzene rings is 1. The summed E-state index contributed by atoms with van der Waals surface area (Å²) in [5.41, 5.74) is 1.14. The second kappa shape index (κ2) is 7.51. The maximum absolute atomic E-state index is 12.2. The van der Waals surface area contributed by atoms with Crippen molar-refractivity contribution in [2.24, 2.45) is 0 Å². The number of rotatable bonds is 5. The number of amides is 1. The molecule has 3 unspecified atom stereocenters. The topological polar surface area (TPSA) is 59.6 Å². The van der Waals surface area contributed by atoms with E-state index in [1.165, 1.54) is 5.56 Å². The van der Waals surface area contributed by atoms with E-state index < -0.39 is 0 Å². The van der Waals surface area contributed by atoms with Crippen LogP contribution >= 0.6 is 12.4 Å². The van der Waals surface area contributed by atoms with Crippen molar-refractivity contribution in [2.75, 3.05) is 26.9 Å². The summed E-state index contributed by atoms with van der Waals surface area (Å²) in [5, 5.41) is 6.46. The fraction of sp³-hybridized carbons (Fsp3) is 0.588. The van der Waals surface area contributed by atoms with Crippen LogP contribution in [-0.2, 0) is 14.9 Å². The van der Waals surface area contributed by atoms with Crippen LogP contribution in [0, 0.1) is 0 Å². The first-order valence-corrected chi connectivity index (χ1v) is 7.87. The maximum Gasteiger partial charge on any atom is 0.221 e. The van der Waals surface area contributed by atoms with Crippen molar-refractivity contribution in [3.63, 3.8) is 0 Å². The lowest BCUT2D eigenvalue weighted by atomic mass is 9.96. The summed E-state index contributed by atoms with van der Waals surface area (Å²) in [6.45, 7) is 4.34.